The van der Waals surface area contributed by atoms with Gasteiger partial charge in [0.2, 0.25) is 0 Å². The molecule has 0 spiro atoms. The predicted octanol–water partition coefficient (Wildman–Crippen LogP) is 6.78. The van der Waals surface area contributed by atoms with E-state index in [9.17, 15) is 18.0 Å². The van der Waals surface area contributed by atoms with Gasteiger partial charge in [0.25, 0.3) is 0 Å². The van der Waals surface area contributed by atoms with Crippen LogP contribution >= 0.6 is 0 Å². The van der Waals surface area contributed by atoms with Gasteiger partial charge in [-0.1, -0.05) is 45.9 Å². The van der Waals surface area contributed by atoms with E-state index in [1.54, 1.807) is 37.8 Å². The van der Waals surface area contributed by atoms with Crippen molar-refractivity contribution >= 4 is 11.7 Å². The molecule has 1 aliphatic rings. The average molecular weight is 387 g/mol. The highest BCUT2D eigenvalue weighted by Gasteiger charge is 2.31. The Kier molecular flexibility index (Phi) is 10.2. The topological polar surface area (TPSA) is 29.5 Å². The third kappa shape index (κ3) is 8.50. The highest BCUT2D eigenvalue weighted by Crippen LogP contribution is 2.32. The van der Waals surface area contributed by atoms with Gasteiger partial charge >= 0.3 is 12.3 Å². The van der Waals surface area contributed by atoms with Crippen LogP contribution in [0.5, 0.6) is 0 Å². The molecule has 0 radical (unpaired) electrons. The van der Waals surface area contributed by atoms with Crippen molar-refractivity contribution in [2.45, 2.75) is 66.7 Å². The van der Waals surface area contributed by atoms with E-state index in [1.807, 2.05) is 27.7 Å². The second kappa shape index (κ2) is 11.0. The summed E-state index contributed by atoms with van der Waals surface area (Å²) in [5, 5.41) is 0. The zero-order valence-electron chi connectivity index (χ0n) is 17.4. The van der Waals surface area contributed by atoms with Crippen LogP contribution in [0.25, 0.3) is 5.57 Å². The standard InChI is InChI=1S/C17H20F3NO2.2C2H6/c1-16(2,3)23-15(22)21-9-7-12(8-10-21)13-5-4-6-14(11-13)17(18,19)20;2*1-2/h4-7,11H,8-10H2,1-3H3;2*1-2H3. The Morgan fingerprint density at radius 1 is 1.07 bits per heavy atom. The molecule has 0 aromatic heterocycles. The van der Waals surface area contributed by atoms with Crippen molar-refractivity contribution in [3.8, 4) is 0 Å². The van der Waals surface area contributed by atoms with Gasteiger partial charge < -0.3 is 9.64 Å². The molecule has 1 heterocycles. The van der Waals surface area contributed by atoms with Crippen LogP contribution in [-0.4, -0.2) is 29.7 Å². The molecule has 27 heavy (non-hydrogen) atoms. The zero-order chi connectivity index (χ0) is 21.3. The molecule has 0 atom stereocenters. The molecule has 0 bridgehead atoms. The lowest BCUT2D eigenvalue weighted by atomic mass is 9.98. The Balaban J connectivity index is 0.00000158. The van der Waals surface area contributed by atoms with E-state index in [-0.39, 0.29) is 0 Å². The Hall–Kier alpha value is -1.98. The molecule has 1 aliphatic heterocycles. The molecule has 1 aromatic rings. The maximum absolute atomic E-state index is 12.8. The molecule has 2 rings (SSSR count). The maximum atomic E-state index is 12.8. The second-order valence-corrected chi connectivity index (χ2v) is 6.48. The predicted molar refractivity (Wildman–Crippen MR) is 105 cm³/mol. The van der Waals surface area contributed by atoms with E-state index in [4.69, 9.17) is 4.74 Å². The van der Waals surface area contributed by atoms with E-state index >= 15 is 0 Å². The van der Waals surface area contributed by atoms with E-state index in [0.29, 0.717) is 25.1 Å². The van der Waals surface area contributed by atoms with E-state index < -0.39 is 23.4 Å². The van der Waals surface area contributed by atoms with Gasteiger partial charge in [-0.3, -0.25) is 0 Å². The van der Waals surface area contributed by atoms with E-state index in [1.165, 1.54) is 6.07 Å². The van der Waals surface area contributed by atoms with Crippen LogP contribution in [0.4, 0.5) is 18.0 Å². The number of rotatable bonds is 1. The molecular weight excluding hydrogens is 355 g/mol. The van der Waals surface area contributed by atoms with Crippen LogP contribution in [0.2, 0.25) is 0 Å². The molecular formula is C21H32F3NO2. The third-order valence-electron chi connectivity index (χ3n) is 3.42. The highest BCUT2D eigenvalue weighted by molar-refractivity contribution is 5.73. The number of amides is 1. The first-order valence-electron chi connectivity index (χ1n) is 9.41. The Labute approximate surface area is 161 Å². The quantitative estimate of drug-likeness (QED) is 0.531. The monoisotopic (exact) mass is 387 g/mol. The van der Waals surface area contributed by atoms with Gasteiger partial charge in [-0.25, -0.2) is 4.79 Å². The average Bonchev–Trinajstić information content (AvgIpc) is 2.63. The van der Waals surface area contributed by atoms with Crippen molar-refractivity contribution < 1.29 is 22.7 Å². The van der Waals surface area contributed by atoms with Crippen LogP contribution in [0.15, 0.2) is 30.3 Å². The van der Waals surface area contributed by atoms with Gasteiger partial charge in [-0.2, -0.15) is 13.2 Å². The summed E-state index contributed by atoms with van der Waals surface area (Å²) < 4.78 is 43.6. The molecule has 0 aliphatic carbocycles. The number of carbonyl (C=O) groups is 1. The van der Waals surface area contributed by atoms with Gasteiger partial charge in [0.1, 0.15) is 5.60 Å². The summed E-state index contributed by atoms with van der Waals surface area (Å²) in [6.45, 7) is 14.1. The lowest BCUT2D eigenvalue weighted by molar-refractivity contribution is -0.137. The van der Waals surface area contributed by atoms with Crippen molar-refractivity contribution in [2.75, 3.05) is 13.1 Å². The van der Waals surface area contributed by atoms with Crippen molar-refractivity contribution in [1.82, 2.24) is 4.90 Å². The Bertz CT molecular complexity index is 617. The van der Waals surface area contributed by atoms with Gasteiger partial charge in [-0.15, -0.1) is 0 Å². The summed E-state index contributed by atoms with van der Waals surface area (Å²) in [5.41, 5.74) is 0.132. The minimum Gasteiger partial charge on any atom is -0.444 e. The fourth-order valence-corrected chi connectivity index (χ4v) is 2.32. The fraction of sp³-hybridized carbons (Fsp3) is 0.571. The minimum atomic E-state index is -4.35. The largest absolute Gasteiger partial charge is 0.444 e. The molecule has 154 valence electrons. The lowest BCUT2D eigenvalue weighted by Crippen LogP contribution is -2.39. The molecule has 1 amide bonds. The highest BCUT2D eigenvalue weighted by atomic mass is 19.4. The summed E-state index contributed by atoms with van der Waals surface area (Å²) in [6.07, 6.45) is -2.48. The number of alkyl halides is 3. The molecule has 6 heteroatoms. The van der Waals surface area contributed by atoms with Gasteiger partial charge in [0.05, 0.1) is 5.56 Å². The number of hydrogen-bond donors (Lipinski definition) is 0. The summed E-state index contributed by atoms with van der Waals surface area (Å²) in [7, 11) is 0. The smallest absolute Gasteiger partial charge is 0.416 e. The molecule has 0 saturated carbocycles. The van der Waals surface area contributed by atoms with Crippen LogP contribution in [0.3, 0.4) is 0 Å². The van der Waals surface area contributed by atoms with E-state index in [0.717, 1.165) is 17.7 Å². The second-order valence-electron chi connectivity index (χ2n) is 6.48. The number of carbonyl (C=O) groups excluding carboxylic acids is 1. The van der Waals surface area contributed by atoms with Crippen molar-refractivity contribution in [1.29, 1.82) is 0 Å². The van der Waals surface area contributed by atoms with Crippen molar-refractivity contribution in [3.05, 3.63) is 41.5 Å². The molecule has 0 N–H and O–H groups in total. The molecule has 3 nitrogen and oxygen atoms in total. The maximum Gasteiger partial charge on any atom is 0.416 e. The van der Waals surface area contributed by atoms with Gasteiger partial charge in [-0.05, 0) is 50.5 Å². The summed E-state index contributed by atoms with van der Waals surface area (Å²) in [6, 6.07) is 5.26. The number of halogens is 3. The Morgan fingerprint density at radius 3 is 2.11 bits per heavy atom. The first kappa shape index (κ1) is 25.0. The summed E-state index contributed by atoms with van der Waals surface area (Å²) in [5.74, 6) is 0. The SMILES string of the molecule is CC.CC.CC(C)(C)OC(=O)N1CC=C(c2cccc(C(F)(F)F)c2)CC1. The fourth-order valence-electron chi connectivity index (χ4n) is 2.32. The molecule has 0 fully saturated rings. The van der Waals surface area contributed by atoms with E-state index in [2.05, 4.69) is 0 Å². The summed E-state index contributed by atoms with van der Waals surface area (Å²) >= 11 is 0. The van der Waals surface area contributed by atoms with Gasteiger partial charge in [0.15, 0.2) is 0 Å². The van der Waals surface area contributed by atoms with Crippen molar-refractivity contribution in [3.63, 3.8) is 0 Å². The van der Waals surface area contributed by atoms with Crippen LogP contribution in [0.1, 0.15) is 66.0 Å². The van der Waals surface area contributed by atoms with Crippen molar-refractivity contribution in [2.24, 2.45) is 0 Å². The van der Waals surface area contributed by atoms with Crippen LogP contribution in [-0.2, 0) is 10.9 Å². The Morgan fingerprint density at radius 2 is 1.67 bits per heavy atom. The molecule has 0 saturated heterocycles. The van der Waals surface area contributed by atoms with Crippen LogP contribution < -0.4 is 0 Å². The summed E-state index contributed by atoms with van der Waals surface area (Å²) in [4.78, 5) is 13.5. The number of nitrogens with zero attached hydrogens (tertiary/aromatic N) is 1. The first-order valence-corrected chi connectivity index (χ1v) is 9.41. The zero-order valence-corrected chi connectivity index (χ0v) is 17.4. The first-order chi connectivity index (χ1) is 12.6. The lowest BCUT2D eigenvalue weighted by Gasteiger charge is -2.29. The van der Waals surface area contributed by atoms with Gasteiger partial charge in [0, 0.05) is 13.1 Å². The molecule has 1 aromatic carbocycles. The number of hydrogen-bond acceptors (Lipinski definition) is 2. The van der Waals surface area contributed by atoms with Crippen LogP contribution in [0, 0.1) is 0 Å². The third-order valence-corrected chi connectivity index (χ3v) is 3.42. The normalized spacial score (nSPS) is 14.1. The molecule has 0 unspecified atom stereocenters. The minimum absolute atomic E-state index is 0.334. The number of benzene rings is 1. The number of ether oxygens (including phenoxy) is 1.